The van der Waals surface area contributed by atoms with Crippen LogP contribution in [-0.2, 0) is 9.47 Å². The van der Waals surface area contributed by atoms with E-state index in [0.717, 1.165) is 16.2 Å². The summed E-state index contributed by atoms with van der Waals surface area (Å²) in [6, 6.07) is 0. The van der Waals surface area contributed by atoms with E-state index in [1.165, 1.54) is 6.20 Å². The molecule has 140 valence electrons. The number of anilines is 1. The van der Waals surface area contributed by atoms with Crippen LogP contribution >= 0.6 is 11.3 Å². The summed E-state index contributed by atoms with van der Waals surface area (Å²) in [5, 5.41) is 1.66. The predicted octanol–water partition coefficient (Wildman–Crippen LogP) is 2.54. The molecule has 1 aromatic rings. The van der Waals surface area contributed by atoms with E-state index in [1.54, 1.807) is 46.9 Å². The quantitative estimate of drug-likeness (QED) is 0.545. The molecule has 5 N–H and O–H groups in total. The number of hydrogen-bond acceptors (Lipinski definition) is 9. The molecule has 1 rings (SSSR count). The van der Waals surface area contributed by atoms with Crippen molar-refractivity contribution in [2.75, 3.05) is 4.90 Å². The van der Waals surface area contributed by atoms with Gasteiger partial charge in [0.05, 0.1) is 5.70 Å². The molecule has 0 aliphatic rings. The molecular formula is C15H25N5O4S. The minimum Gasteiger partial charge on any atom is -0.443 e. The van der Waals surface area contributed by atoms with Gasteiger partial charge in [0.2, 0.25) is 5.13 Å². The van der Waals surface area contributed by atoms with Crippen molar-refractivity contribution in [3.05, 3.63) is 17.3 Å². The Balaban J connectivity index is 3.20. The van der Waals surface area contributed by atoms with Crippen LogP contribution in [0.4, 0.5) is 14.7 Å². The number of rotatable bonds is 3. The lowest BCUT2D eigenvalue weighted by atomic mass is 10.2. The molecular weight excluding hydrogens is 346 g/mol. The molecule has 0 fully saturated rings. The van der Waals surface area contributed by atoms with Gasteiger partial charge in [-0.25, -0.2) is 14.6 Å². The molecule has 0 saturated heterocycles. The van der Waals surface area contributed by atoms with E-state index in [9.17, 15) is 9.59 Å². The second-order valence-electron chi connectivity index (χ2n) is 7.08. The SMILES string of the molecule is CC(C)(C)OC(=O)N(C(=O)OC(C)(C)C)c1nc(/C(N)=C/NN)cs1. The Morgan fingerprint density at radius 2 is 1.64 bits per heavy atom. The first-order chi connectivity index (χ1) is 11.3. The predicted molar refractivity (Wildman–Crippen MR) is 96.5 cm³/mol. The summed E-state index contributed by atoms with van der Waals surface area (Å²) in [4.78, 5) is 29.9. The molecule has 0 aliphatic heterocycles. The van der Waals surface area contributed by atoms with Crippen molar-refractivity contribution < 1.29 is 19.1 Å². The maximum Gasteiger partial charge on any atom is 0.426 e. The second-order valence-corrected chi connectivity index (χ2v) is 7.91. The van der Waals surface area contributed by atoms with Crippen molar-refractivity contribution >= 4 is 34.4 Å². The van der Waals surface area contributed by atoms with Gasteiger partial charge in [0.25, 0.3) is 0 Å². The normalized spacial score (nSPS) is 12.5. The fraction of sp³-hybridized carbons (Fsp3) is 0.533. The highest BCUT2D eigenvalue weighted by Gasteiger charge is 2.34. The van der Waals surface area contributed by atoms with Crippen molar-refractivity contribution in [3.8, 4) is 0 Å². The van der Waals surface area contributed by atoms with Gasteiger partial charge in [0.15, 0.2) is 0 Å². The lowest BCUT2D eigenvalue weighted by molar-refractivity contribution is 0.0430. The third-order valence-corrected chi connectivity index (χ3v) is 3.20. The van der Waals surface area contributed by atoms with Crippen LogP contribution in [0.3, 0.4) is 0 Å². The van der Waals surface area contributed by atoms with E-state index >= 15 is 0 Å². The van der Waals surface area contributed by atoms with Crippen LogP contribution in [0.1, 0.15) is 47.2 Å². The summed E-state index contributed by atoms with van der Waals surface area (Å²) in [5.74, 6) is 5.18. The second kappa shape index (κ2) is 7.70. The van der Waals surface area contributed by atoms with Gasteiger partial charge in [-0.1, -0.05) is 0 Å². The van der Waals surface area contributed by atoms with E-state index in [4.69, 9.17) is 21.1 Å². The molecule has 0 aromatic carbocycles. The Hall–Kier alpha value is -2.33. The summed E-state index contributed by atoms with van der Waals surface area (Å²) in [6.07, 6.45) is -0.436. The highest BCUT2D eigenvalue weighted by molar-refractivity contribution is 7.14. The first-order valence-electron chi connectivity index (χ1n) is 7.48. The van der Waals surface area contributed by atoms with Crippen LogP contribution in [0.15, 0.2) is 11.6 Å². The number of nitrogens with zero attached hydrogens (tertiary/aromatic N) is 2. The molecule has 0 spiro atoms. The van der Waals surface area contributed by atoms with Crippen LogP contribution in [0, 0.1) is 0 Å². The zero-order chi connectivity index (χ0) is 19.4. The number of carbonyl (C=O) groups is 2. The van der Waals surface area contributed by atoms with Crippen LogP contribution in [0.5, 0.6) is 0 Å². The van der Waals surface area contributed by atoms with Gasteiger partial charge in [-0.15, -0.1) is 11.3 Å². The largest absolute Gasteiger partial charge is 0.443 e. The van der Waals surface area contributed by atoms with Crippen molar-refractivity contribution in [3.63, 3.8) is 0 Å². The molecule has 0 atom stereocenters. The molecule has 1 aromatic heterocycles. The molecule has 10 heteroatoms. The summed E-state index contributed by atoms with van der Waals surface area (Å²) < 4.78 is 10.6. The third kappa shape index (κ3) is 6.59. The van der Waals surface area contributed by atoms with Crippen LogP contribution < -0.4 is 21.9 Å². The summed E-state index contributed by atoms with van der Waals surface area (Å²) in [6.45, 7) is 10.2. The fourth-order valence-electron chi connectivity index (χ4n) is 1.51. The van der Waals surface area contributed by atoms with Gasteiger partial charge < -0.3 is 20.6 Å². The summed E-state index contributed by atoms with van der Waals surface area (Å²) in [5.41, 5.74) is 7.10. The Bertz CT molecular complexity index is 630. The number of thiazole rings is 1. The zero-order valence-electron chi connectivity index (χ0n) is 15.2. The molecule has 9 nitrogen and oxygen atoms in total. The molecule has 1 heterocycles. The average Bonchev–Trinajstić information content (AvgIpc) is 2.84. The Labute approximate surface area is 150 Å². The number of hydrazine groups is 1. The van der Waals surface area contributed by atoms with E-state index in [2.05, 4.69) is 10.4 Å². The maximum absolute atomic E-state index is 12.5. The molecule has 0 radical (unpaired) electrons. The molecule has 2 amide bonds. The van der Waals surface area contributed by atoms with E-state index in [-0.39, 0.29) is 10.8 Å². The maximum atomic E-state index is 12.5. The summed E-state index contributed by atoms with van der Waals surface area (Å²) in [7, 11) is 0. The Kier molecular flexibility index (Phi) is 6.38. The molecule has 25 heavy (non-hydrogen) atoms. The summed E-state index contributed by atoms with van der Waals surface area (Å²) >= 11 is 1.04. The van der Waals surface area contributed by atoms with Crippen molar-refractivity contribution in [1.29, 1.82) is 0 Å². The lowest BCUT2D eigenvalue weighted by Gasteiger charge is -2.27. The number of nitrogens with two attached hydrogens (primary N) is 2. The standard InChI is InChI=1S/C15H25N5O4S/c1-14(2,3)23-12(21)20(13(22)24-15(4,5)6)11-19-10(8-25-11)9(16)7-18-17/h7-8,18H,16-17H2,1-6H3/b9-7-. The Morgan fingerprint density at radius 3 is 2.04 bits per heavy atom. The van der Waals surface area contributed by atoms with Crippen LogP contribution in [-0.4, -0.2) is 28.4 Å². The topological polar surface area (TPSA) is 133 Å². The van der Waals surface area contributed by atoms with E-state index < -0.39 is 23.4 Å². The number of carbonyl (C=O) groups excluding carboxylic acids is 2. The van der Waals surface area contributed by atoms with Gasteiger partial charge in [0, 0.05) is 11.6 Å². The van der Waals surface area contributed by atoms with Crippen LogP contribution in [0.25, 0.3) is 5.70 Å². The number of hydrogen-bond donors (Lipinski definition) is 3. The van der Waals surface area contributed by atoms with Gasteiger partial charge in [-0.3, -0.25) is 5.84 Å². The number of imide groups is 1. The minimum atomic E-state index is -0.887. The fourth-order valence-corrected chi connectivity index (χ4v) is 2.32. The van der Waals surface area contributed by atoms with Gasteiger partial charge in [-0.05, 0) is 41.5 Å². The van der Waals surface area contributed by atoms with Crippen molar-refractivity contribution in [2.45, 2.75) is 52.7 Å². The average molecular weight is 371 g/mol. The molecule has 0 aliphatic carbocycles. The lowest BCUT2D eigenvalue weighted by Crippen LogP contribution is -2.43. The van der Waals surface area contributed by atoms with E-state index in [1.807, 2.05) is 0 Å². The molecule has 0 bridgehead atoms. The smallest absolute Gasteiger partial charge is 0.426 e. The first kappa shape index (κ1) is 20.7. The molecule has 0 saturated carbocycles. The van der Waals surface area contributed by atoms with E-state index in [0.29, 0.717) is 5.69 Å². The third-order valence-electron chi connectivity index (χ3n) is 2.37. The number of ether oxygens (including phenoxy) is 2. The first-order valence-corrected chi connectivity index (χ1v) is 8.36. The number of aromatic nitrogens is 1. The van der Waals surface area contributed by atoms with Crippen LogP contribution in [0.2, 0.25) is 0 Å². The van der Waals surface area contributed by atoms with Crippen molar-refractivity contribution in [1.82, 2.24) is 10.4 Å². The monoisotopic (exact) mass is 371 g/mol. The minimum absolute atomic E-state index is 0.0758. The van der Waals surface area contributed by atoms with Crippen molar-refractivity contribution in [2.24, 2.45) is 11.6 Å². The van der Waals surface area contributed by atoms with Gasteiger partial charge >= 0.3 is 12.2 Å². The zero-order valence-corrected chi connectivity index (χ0v) is 16.1. The number of nitrogens with one attached hydrogen (secondary N) is 1. The highest BCUT2D eigenvalue weighted by atomic mass is 32.1. The number of amides is 2. The Morgan fingerprint density at radius 1 is 1.16 bits per heavy atom. The highest BCUT2D eigenvalue weighted by Crippen LogP contribution is 2.26. The van der Waals surface area contributed by atoms with Gasteiger partial charge in [0.1, 0.15) is 16.9 Å². The van der Waals surface area contributed by atoms with Gasteiger partial charge in [-0.2, -0.15) is 4.90 Å². The molecule has 0 unspecified atom stereocenters.